The summed E-state index contributed by atoms with van der Waals surface area (Å²) < 4.78 is 28.5. The van der Waals surface area contributed by atoms with Crippen molar-refractivity contribution in [3.63, 3.8) is 0 Å². The highest BCUT2D eigenvalue weighted by atomic mass is 19.1. The van der Waals surface area contributed by atoms with Crippen LogP contribution >= 0.6 is 0 Å². The number of rotatable bonds is 7. The molecular formula is C36H37FN8O4. The lowest BCUT2D eigenvalue weighted by Gasteiger charge is -2.43. The van der Waals surface area contributed by atoms with Crippen molar-refractivity contribution < 1.29 is 23.5 Å². The number of nitrogens with zero attached hydrogens (tertiary/aromatic N) is 7. The predicted molar refractivity (Wildman–Crippen MR) is 179 cm³/mol. The Morgan fingerprint density at radius 1 is 1.14 bits per heavy atom. The third kappa shape index (κ3) is 6.15. The number of cyclic esters (lactones) is 1. The summed E-state index contributed by atoms with van der Waals surface area (Å²) in [5, 5.41) is 10.1. The van der Waals surface area contributed by atoms with Gasteiger partial charge in [-0.1, -0.05) is 18.2 Å². The number of carbonyl (C=O) groups excluding carboxylic acids is 2. The molecule has 0 spiro atoms. The molecule has 2 atom stereocenters. The van der Waals surface area contributed by atoms with E-state index in [1.807, 2.05) is 36.4 Å². The fourth-order valence-electron chi connectivity index (χ4n) is 7.08. The van der Waals surface area contributed by atoms with Crippen molar-refractivity contribution in [3.05, 3.63) is 84.2 Å². The van der Waals surface area contributed by atoms with Crippen LogP contribution in [-0.4, -0.2) is 92.0 Å². The molecule has 252 valence electrons. The van der Waals surface area contributed by atoms with Gasteiger partial charge in [0, 0.05) is 68.2 Å². The van der Waals surface area contributed by atoms with E-state index in [2.05, 4.69) is 16.0 Å². The average Bonchev–Trinajstić information content (AvgIpc) is 3.68. The summed E-state index contributed by atoms with van der Waals surface area (Å²) in [6.07, 6.45) is 6.19. The monoisotopic (exact) mass is 664 g/mol. The molecule has 3 aliphatic rings. The second kappa shape index (κ2) is 12.9. The number of halogens is 1. The summed E-state index contributed by atoms with van der Waals surface area (Å²) in [4.78, 5) is 40.6. The van der Waals surface area contributed by atoms with Crippen molar-refractivity contribution >= 4 is 23.3 Å². The van der Waals surface area contributed by atoms with Crippen molar-refractivity contribution in [2.75, 3.05) is 45.1 Å². The van der Waals surface area contributed by atoms with Gasteiger partial charge in [0.25, 0.3) is 5.91 Å². The molecule has 4 aromatic rings. The summed E-state index contributed by atoms with van der Waals surface area (Å²) in [7, 11) is 0. The molecule has 3 fully saturated rings. The first-order valence-electron chi connectivity index (χ1n) is 16.4. The zero-order valence-electron chi connectivity index (χ0n) is 27.4. The molecule has 0 radical (unpaired) electrons. The first-order valence-corrected chi connectivity index (χ1v) is 16.4. The number of piperidine rings is 1. The lowest BCUT2D eigenvalue weighted by atomic mass is 9.94. The van der Waals surface area contributed by atoms with E-state index in [9.17, 15) is 14.9 Å². The van der Waals surface area contributed by atoms with Gasteiger partial charge in [0.05, 0.1) is 6.04 Å². The van der Waals surface area contributed by atoms with Crippen LogP contribution in [0.3, 0.4) is 0 Å². The summed E-state index contributed by atoms with van der Waals surface area (Å²) in [5.41, 5.74) is 6.88. The number of likely N-dealkylation sites (tertiary alicyclic amines) is 1. The maximum absolute atomic E-state index is 15.7. The first-order chi connectivity index (χ1) is 23.6. The zero-order valence-corrected chi connectivity index (χ0v) is 27.4. The Hall–Kier alpha value is -5.48. The van der Waals surface area contributed by atoms with Crippen LogP contribution in [0.25, 0.3) is 16.8 Å². The summed E-state index contributed by atoms with van der Waals surface area (Å²) in [5.74, 6) is 0.699. The molecular weight excluding hydrogens is 627 g/mol. The quantitative estimate of drug-likeness (QED) is 0.214. The van der Waals surface area contributed by atoms with E-state index in [0.29, 0.717) is 74.3 Å². The van der Waals surface area contributed by atoms with Gasteiger partial charge in [0.15, 0.2) is 0 Å². The number of hydrogen-bond acceptors (Lipinski definition) is 9. The van der Waals surface area contributed by atoms with E-state index in [1.54, 1.807) is 52.5 Å². The van der Waals surface area contributed by atoms with Crippen LogP contribution in [0.5, 0.6) is 11.5 Å². The average molecular weight is 665 g/mol. The van der Waals surface area contributed by atoms with Crippen molar-refractivity contribution in [1.82, 2.24) is 29.1 Å². The predicted octanol–water partition coefficient (Wildman–Crippen LogP) is 4.98. The Labute approximate surface area is 283 Å². The molecule has 49 heavy (non-hydrogen) atoms. The van der Waals surface area contributed by atoms with Crippen molar-refractivity contribution in [2.24, 2.45) is 0 Å². The lowest BCUT2D eigenvalue weighted by Crippen LogP contribution is -2.58. The van der Waals surface area contributed by atoms with E-state index < -0.39 is 11.4 Å². The van der Waals surface area contributed by atoms with Crippen LogP contribution in [0, 0.1) is 17.1 Å². The zero-order chi connectivity index (χ0) is 34.3. The number of anilines is 1. The summed E-state index contributed by atoms with van der Waals surface area (Å²) in [6, 6.07) is 15.8. The largest absolute Gasteiger partial charge is 0.457 e. The first kappa shape index (κ1) is 32.1. The van der Waals surface area contributed by atoms with Crippen LogP contribution in [0.2, 0.25) is 0 Å². The molecule has 5 heterocycles. The minimum Gasteiger partial charge on any atom is -0.457 e. The number of fused-ring (bicyclic) bond motifs is 2. The third-order valence-corrected chi connectivity index (χ3v) is 9.64. The normalized spacial score (nSPS) is 20.2. The third-order valence-electron chi connectivity index (χ3n) is 9.64. The number of carbonyl (C=O) groups is 2. The molecule has 0 bridgehead atoms. The Kier molecular flexibility index (Phi) is 8.42. The standard InChI is InChI=1S/C36H37FN8O4/c1-36(2,43-15-16-44-25(21-43)22-48-35(44)47)18-24(19-38)34(46)42-13-6-7-23(20-42)33-41-30(31-32(39)40-12-14-45(31)33)28-11-10-27(17-29(28)37)49-26-8-4-3-5-9-26/h3-5,8-12,14,17-18,23,25H,6-7,13,15-16,20-22H2,1-2H3,(H2,39,40)/t23-,25-/m1/s1. The summed E-state index contributed by atoms with van der Waals surface area (Å²) >= 11 is 0. The van der Waals surface area contributed by atoms with E-state index in [-0.39, 0.29) is 40.9 Å². The van der Waals surface area contributed by atoms with Gasteiger partial charge in [-0.15, -0.1) is 0 Å². The minimum absolute atomic E-state index is 0.0504. The maximum Gasteiger partial charge on any atom is 0.410 e. The van der Waals surface area contributed by atoms with Gasteiger partial charge in [0.1, 0.15) is 58.4 Å². The fraction of sp³-hybridized carbons (Fsp3) is 0.361. The van der Waals surface area contributed by atoms with E-state index in [4.69, 9.17) is 20.2 Å². The van der Waals surface area contributed by atoms with Gasteiger partial charge in [-0.05, 0) is 57.0 Å². The SMILES string of the molecule is CC(C)(C=C(C#N)C(=O)N1CCC[C@@H](c2nc(-c3ccc(Oc4ccccc4)cc3F)c3c(N)nccn23)C1)N1CCN2C(=O)OC[C@H]2C1. The smallest absolute Gasteiger partial charge is 0.410 e. The minimum atomic E-state index is -0.613. The van der Waals surface area contributed by atoms with Gasteiger partial charge >= 0.3 is 6.09 Å². The number of nitrogen functional groups attached to an aromatic ring is 1. The Morgan fingerprint density at radius 3 is 2.73 bits per heavy atom. The number of ether oxygens (including phenoxy) is 2. The number of piperazine rings is 1. The van der Waals surface area contributed by atoms with Crippen LogP contribution < -0.4 is 10.5 Å². The molecule has 12 nitrogen and oxygen atoms in total. The number of aromatic nitrogens is 3. The fourth-order valence-corrected chi connectivity index (χ4v) is 7.08. The molecule has 3 aliphatic heterocycles. The van der Waals surface area contributed by atoms with Crippen molar-refractivity contribution in [2.45, 2.75) is 44.2 Å². The second-order valence-electron chi connectivity index (χ2n) is 13.2. The maximum atomic E-state index is 15.7. The van der Waals surface area contributed by atoms with Crippen LogP contribution in [-0.2, 0) is 9.53 Å². The van der Waals surface area contributed by atoms with Crippen molar-refractivity contribution in [3.8, 4) is 28.8 Å². The number of para-hydroxylation sites is 1. The van der Waals surface area contributed by atoms with Gasteiger partial charge < -0.3 is 20.1 Å². The molecule has 0 aliphatic carbocycles. The van der Waals surface area contributed by atoms with E-state index >= 15 is 4.39 Å². The molecule has 2 aromatic heterocycles. The number of benzene rings is 2. The van der Waals surface area contributed by atoms with Crippen LogP contribution in [0.1, 0.15) is 38.4 Å². The van der Waals surface area contributed by atoms with Gasteiger partial charge in [-0.3, -0.25) is 19.0 Å². The molecule has 0 saturated carbocycles. The second-order valence-corrected chi connectivity index (χ2v) is 13.2. The molecule has 7 rings (SSSR count). The van der Waals surface area contributed by atoms with Crippen molar-refractivity contribution in [1.29, 1.82) is 5.26 Å². The number of amides is 2. The molecule has 3 saturated heterocycles. The molecule has 0 unspecified atom stereocenters. The van der Waals surface area contributed by atoms with E-state index in [0.717, 1.165) is 6.42 Å². The van der Waals surface area contributed by atoms with Gasteiger partial charge in [-0.2, -0.15) is 5.26 Å². The molecule has 2 amide bonds. The lowest BCUT2D eigenvalue weighted by molar-refractivity contribution is -0.128. The highest BCUT2D eigenvalue weighted by Crippen LogP contribution is 2.37. The topological polar surface area (TPSA) is 142 Å². The van der Waals surface area contributed by atoms with E-state index in [1.165, 1.54) is 6.07 Å². The van der Waals surface area contributed by atoms with Gasteiger partial charge in [-0.25, -0.2) is 19.2 Å². The van der Waals surface area contributed by atoms with Crippen LogP contribution in [0.15, 0.2) is 72.6 Å². The van der Waals surface area contributed by atoms with Gasteiger partial charge in [0.2, 0.25) is 0 Å². The molecule has 13 heteroatoms. The Bertz CT molecular complexity index is 1990. The Morgan fingerprint density at radius 2 is 1.96 bits per heavy atom. The number of nitriles is 1. The van der Waals surface area contributed by atoms with Crippen LogP contribution in [0.4, 0.5) is 15.0 Å². The molecule has 2 aromatic carbocycles. The molecule has 2 N–H and O–H groups in total. The number of hydrogen-bond donors (Lipinski definition) is 1. The number of nitrogens with two attached hydrogens (primary N) is 1. The Balaban J connectivity index is 1.13. The highest BCUT2D eigenvalue weighted by Gasteiger charge is 2.41. The number of imidazole rings is 1. The highest BCUT2D eigenvalue weighted by molar-refractivity contribution is 5.97. The summed E-state index contributed by atoms with van der Waals surface area (Å²) in [6.45, 7) is 6.81.